The van der Waals surface area contributed by atoms with Crippen LogP contribution in [0.3, 0.4) is 0 Å². The molecule has 1 amide bonds. The molecule has 0 aliphatic heterocycles. The van der Waals surface area contributed by atoms with Gasteiger partial charge in [-0.2, -0.15) is 13.2 Å². The molecule has 5 rings (SSSR count). The summed E-state index contributed by atoms with van der Waals surface area (Å²) in [6.45, 7) is 1.61. The van der Waals surface area contributed by atoms with Crippen molar-refractivity contribution in [1.82, 2.24) is 14.8 Å². The number of nitrogens with one attached hydrogen (secondary N) is 1. The lowest BCUT2D eigenvalue weighted by molar-refractivity contribution is -0.137. The third-order valence-electron chi connectivity index (χ3n) is 6.51. The van der Waals surface area contributed by atoms with Crippen LogP contribution >= 0.6 is 23.4 Å². The number of thioether (sulfide) groups is 1. The normalized spacial score (nSPS) is 11.8. The van der Waals surface area contributed by atoms with Crippen molar-refractivity contribution in [2.75, 3.05) is 15.4 Å². The maximum atomic E-state index is 14.0. The van der Waals surface area contributed by atoms with Gasteiger partial charge in [-0.05, 0) is 67.6 Å². The number of anilines is 2. The SMILES string of the molecule is Cc1ccc(S(=O)(=O)N(Cc2nnc(SCC(=O)Nc3cccc(C(F)(F)F)c3)n2-c2ccccc2)c2cccc(Cl)c2)cc1. The van der Waals surface area contributed by atoms with Crippen molar-refractivity contribution in [3.8, 4) is 5.69 Å². The van der Waals surface area contributed by atoms with Gasteiger partial charge in [0.15, 0.2) is 11.0 Å². The van der Waals surface area contributed by atoms with E-state index < -0.39 is 27.7 Å². The molecule has 1 N–H and O–H groups in total. The Morgan fingerprint density at radius 1 is 0.933 bits per heavy atom. The van der Waals surface area contributed by atoms with Gasteiger partial charge in [0.2, 0.25) is 5.91 Å². The van der Waals surface area contributed by atoms with Gasteiger partial charge in [0.05, 0.1) is 28.4 Å². The molecule has 5 aromatic rings. The quantitative estimate of drug-likeness (QED) is 0.156. The fourth-order valence-corrected chi connectivity index (χ4v) is 6.71. The number of halogens is 4. The summed E-state index contributed by atoms with van der Waals surface area (Å²) >= 11 is 7.24. The summed E-state index contributed by atoms with van der Waals surface area (Å²) in [6, 6.07) is 26.1. The van der Waals surface area contributed by atoms with Gasteiger partial charge in [0.25, 0.3) is 10.0 Å². The Labute approximate surface area is 266 Å². The molecule has 0 saturated heterocycles. The molecule has 45 heavy (non-hydrogen) atoms. The molecular weight excluding hydrogens is 647 g/mol. The van der Waals surface area contributed by atoms with Crippen molar-refractivity contribution in [2.45, 2.75) is 29.7 Å². The molecule has 0 unspecified atom stereocenters. The minimum Gasteiger partial charge on any atom is -0.325 e. The van der Waals surface area contributed by atoms with Crippen LogP contribution in [0.25, 0.3) is 5.69 Å². The first kappa shape index (κ1) is 32.1. The number of amides is 1. The van der Waals surface area contributed by atoms with E-state index in [1.165, 1.54) is 34.6 Å². The summed E-state index contributed by atoms with van der Waals surface area (Å²) in [5.74, 6) is -0.524. The molecule has 1 heterocycles. The third kappa shape index (κ3) is 7.67. The Hall–Kier alpha value is -4.33. The summed E-state index contributed by atoms with van der Waals surface area (Å²) in [5, 5.41) is 11.6. The average molecular weight is 672 g/mol. The van der Waals surface area contributed by atoms with E-state index in [9.17, 15) is 26.4 Å². The predicted molar refractivity (Wildman–Crippen MR) is 168 cm³/mol. The van der Waals surface area contributed by atoms with Crippen molar-refractivity contribution in [1.29, 1.82) is 0 Å². The third-order valence-corrected chi connectivity index (χ3v) is 9.46. The molecule has 0 saturated carbocycles. The molecule has 14 heteroatoms. The van der Waals surface area contributed by atoms with Crippen molar-refractivity contribution in [3.05, 3.63) is 125 Å². The van der Waals surface area contributed by atoms with Crippen LogP contribution < -0.4 is 9.62 Å². The van der Waals surface area contributed by atoms with Crippen molar-refractivity contribution in [2.24, 2.45) is 0 Å². The molecule has 4 aromatic carbocycles. The molecule has 0 atom stereocenters. The first-order valence-corrected chi connectivity index (χ1v) is 16.2. The number of carbonyl (C=O) groups excluding carboxylic acids is 1. The Morgan fingerprint density at radius 3 is 2.33 bits per heavy atom. The van der Waals surface area contributed by atoms with Crippen molar-refractivity contribution >= 4 is 50.7 Å². The van der Waals surface area contributed by atoms with Gasteiger partial charge in [0.1, 0.15) is 0 Å². The zero-order valence-electron chi connectivity index (χ0n) is 23.6. The smallest absolute Gasteiger partial charge is 0.325 e. The minimum absolute atomic E-state index is 0.000818. The van der Waals surface area contributed by atoms with E-state index in [2.05, 4.69) is 15.5 Å². The zero-order chi connectivity index (χ0) is 32.2. The van der Waals surface area contributed by atoms with E-state index >= 15 is 0 Å². The summed E-state index contributed by atoms with van der Waals surface area (Å²) < 4.78 is 70.1. The maximum absolute atomic E-state index is 14.0. The van der Waals surface area contributed by atoms with Crippen LogP contribution in [0, 0.1) is 6.92 Å². The highest BCUT2D eigenvalue weighted by molar-refractivity contribution is 7.99. The van der Waals surface area contributed by atoms with Gasteiger partial charge in [-0.25, -0.2) is 8.42 Å². The maximum Gasteiger partial charge on any atom is 0.416 e. The van der Waals surface area contributed by atoms with Crippen LogP contribution in [0.1, 0.15) is 17.0 Å². The zero-order valence-corrected chi connectivity index (χ0v) is 26.0. The monoisotopic (exact) mass is 671 g/mol. The second kappa shape index (κ2) is 13.3. The van der Waals surface area contributed by atoms with E-state index in [4.69, 9.17) is 11.6 Å². The van der Waals surface area contributed by atoms with E-state index in [0.717, 1.165) is 29.5 Å². The molecule has 232 valence electrons. The van der Waals surface area contributed by atoms with Crippen LogP contribution in [0.4, 0.5) is 24.5 Å². The summed E-state index contributed by atoms with van der Waals surface area (Å²) in [6.07, 6.45) is -4.55. The number of carbonyl (C=O) groups is 1. The lowest BCUT2D eigenvalue weighted by Crippen LogP contribution is -2.31. The number of rotatable bonds is 10. The first-order chi connectivity index (χ1) is 21.4. The number of benzene rings is 4. The molecule has 0 bridgehead atoms. The van der Waals surface area contributed by atoms with E-state index in [1.807, 2.05) is 13.0 Å². The average Bonchev–Trinajstić information content (AvgIpc) is 3.41. The largest absolute Gasteiger partial charge is 0.416 e. The number of aromatic nitrogens is 3. The van der Waals surface area contributed by atoms with Gasteiger partial charge < -0.3 is 5.32 Å². The fraction of sp³-hybridized carbons (Fsp3) is 0.129. The van der Waals surface area contributed by atoms with Crippen molar-refractivity contribution in [3.63, 3.8) is 0 Å². The number of alkyl halides is 3. The van der Waals surface area contributed by atoms with Gasteiger partial charge in [0, 0.05) is 16.4 Å². The van der Waals surface area contributed by atoms with E-state index in [-0.39, 0.29) is 33.9 Å². The number of nitrogens with zero attached hydrogens (tertiary/aromatic N) is 4. The molecule has 0 spiro atoms. The van der Waals surface area contributed by atoms with Crippen LogP contribution in [0.15, 0.2) is 113 Å². The summed E-state index contributed by atoms with van der Waals surface area (Å²) in [7, 11) is -4.11. The lowest BCUT2D eigenvalue weighted by Gasteiger charge is -2.25. The molecular formula is C31H25ClF3N5O3S2. The highest BCUT2D eigenvalue weighted by atomic mass is 35.5. The van der Waals surface area contributed by atoms with E-state index in [1.54, 1.807) is 59.2 Å². The number of aryl methyl sites for hydroxylation is 1. The van der Waals surface area contributed by atoms with Gasteiger partial charge in [-0.15, -0.1) is 10.2 Å². The second-order valence-corrected chi connectivity index (χ2v) is 13.0. The molecule has 8 nitrogen and oxygen atoms in total. The topological polar surface area (TPSA) is 97.2 Å². The number of para-hydroxylation sites is 1. The Kier molecular flexibility index (Phi) is 9.51. The van der Waals surface area contributed by atoms with Gasteiger partial charge in [-0.3, -0.25) is 13.7 Å². The van der Waals surface area contributed by atoms with Gasteiger partial charge in [-0.1, -0.05) is 71.4 Å². The Balaban J connectivity index is 1.46. The fourth-order valence-electron chi connectivity index (χ4n) is 4.35. The van der Waals surface area contributed by atoms with Crippen LogP contribution in [-0.2, 0) is 27.5 Å². The van der Waals surface area contributed by atoms with Crippen LogP contribution in [-0.4, -0.2) is 34.8 Å². The molecule has 0 radical (unpaired) electrons. The number of sulfonamides is 1. The molecule has 0 aliphatic rings. The van der Waals surface area contributed by atoms with E-state index in [0.29, 0.717) is 16.4 Å². The first-order valence-electron chi connectivity index (χ1n) is 13.4. The minimum atomic E-state index is -4.55. The van der Waals surface area contributed by atoms with Gasteiger partial charge >= 0.3 is 6.18 Å². The lowest BCUT2D eigenvalue weighted by atomic mass is 10.2. The number of hydrogen-bond donors (Lipinski definition) is 1. The highest BCUT2D eigenvalue weighted by Crippen LogP contribution is 2.32. The molecule has 0 fully saturated rings. The molecule has 1 aromatic heterocycles. The second-order valence-electron chi connectivity index (χ2n) is 9.79. The Bertz CT molecular complexity index is 1920. The van der Waals surface area contributed by atoms with Crippen molar-refractivity contribution < 1.29 is 26.4 Å². The predicted octanol–water partition coefficient (Wildman–Crippen LogP) is 7.37. The van der Waals surface area contributed by atoms with Crippen LogP contribution in [0.2, 0.25) is 5.02 Å². The van der Waals surface area contributed by atoms with Crippen LogP contribution in [0.5, 0.6) is 0 Å². The summed E-state index contributed by atoms with van der Waals surface area (Å²) in [4.78, 5) is 12.8. The highest BCUT2D eigenvalue weighted by Gasteiger charge is 2.31. The number of hydrogen-bond acceptors (Lipinski definition) is 6. The summed E-state index contributed by atoms with van der Waals surface area (Å²) in [5.41, 5.74) is 0.925. The molecule has 0 aliphatic carbocycles. The standard InChI is InChI=1S/C31H25ClF3N5O3S2/c1-21-13-15-27(16-14-21)45(42,43)39(26-12-6-8-23(32)18-26)19-28-37-38-30(40(28)25-10-3-2-4-11-25)44-20-29(41)36-24-9-5-7-22(17-24)31(33,34)35/h2-18H,19-20H2,1H3,(H,36,41). The Morgan fingerprint density at radius 2 is 1.64 bits per heavy atom.